The zero-order valence-corrected chi connectivity index (χ0v) is 30.3. The minimum absolute atomic E-state index is 0.0394. The fourth-order valence-electron chi connectivity index (χ4n) is 3.97. The monoisotopic (exact) mass is 659 g/mol. The molecule has 0 spiro atoms. The second kappa shape index (κ2) is 21.2. The highest BCUT2D eigenvalue weighted by molar-refractivity contribution is 7.15. The van der Waals surface area contributed by atoms with Crippen molar-refractivity contribution >= 4 is 29.4 Å². The molecule has 0 unspecified atom stereocenters. The van der Waals surface area contributed by atoms with Gasteiger partial charge in [0.15, 0.2) is 5.82 Å². The van der Waals surface area contributed by atoms with E-state index < -0.39 is 0 Å². The van der Waals surface area contributed by atoms with Gasteiger partial charge in [-0.1, -0.05) is 13.8 Å². The summed E-state index contributed by atoms with van der Waals surface area (Å²) < 4.78 is 23.2. The van der Waals surface area contributed by atoms with Gasteiger partial charge in [0.25, 0.3) is 6.47 Å². The summed E-state index contributed by atoms with van der Waals surface area (Å²) in [7, 11) is 0. The van der Waals surface area contributed by atoms with Gasteiger partial charge >= 0.3 is 0 Å². The van der Waals surface area contributed by atoms with E-state index in [9.17, 15) is 9.59 Å². The number of carbonyl (C=O) groups excluding carboxylic acids is 2. The second-order valence-corrected chi connectivity index (χ2v) is 11.9. The number of rotatable bonds is 11. The van der Waals surface area contributed by atoms with E-state index in [4.69, 9.17) is 19.2 Å². The molecule has 12 heteroatoms. The van der Waals surface area contributed by atoms with Gasteiger partial charge in [-0.15, -0.1) is 21.5 Å². The molecule has 0 saturated carbocycles. The highest BCUT2D eigenvalue weighted by Crippen LogP contribution is 2.36. The van der Waals surface area contributed by atoms with E-state index in [0.717, 1.165) is 40.2 Å². The molecule has 1 N–H and O–H groups in total. The molecule has 1 aromatic carbocycles. The van der Waals surface area contributed by atoms with Crippen LogP contribution in [0.3, 0.4) is 0 Å². The van der Waals surface area contributed by atoms with E-state index in [0.29, 0.717) is 46.1 Å². The van der Waals surface area contributed by atoms with Gasteiger partial charge in [0.1, 0.15) is 35.3 Å². The molecule has 11 nitrogen and oxygen atoms in total. The second-order valence-electron chi connectivity index (χ2n) is 10.7. The third-order valence-corrected chi connectivity index (χ3v) is 7.30. The number of carbonyl (C=O) groups is 2. The normalized spacial score (nSPS) is 11.4. The van der Waals surface area contributed by atoms with Crippen LogP contribution in [0.2, 0.25) is 0 Å². The first-order valence-corrected chi connectivity index (χ1v) is 16.6. The number of aromatic nitrogens is 3. The molecule has 0 fully saturated rings. The van der Waals surface area contributed by atoms with Crippen LogP contribution in [0.5, 0.6) is 5.75 Å². The average molecular weight is 660 g/mol. The quantitative estimate of drug-likeness (QED) is 0.192. The average Bonchev–Trinajstić information content (AvgIpc) is 3.46. The van der Waals surface area contributed by atoms with Crippen molar-refractivity contribution in [2.24, 2.45) is 4.99 Å². The van der Waals surface area contributed by atoms with E-state index in [1.165, 1.54) is 22.9 Å². The highest BCUT2D eigenvalue weighted by atomic mass is 32.1. The number of benzene rings is 1. The first-order chi connectivity index (χ1) is 21.9. The lowest BCUT2D eigenvalue weighted by atomic mass is 10.00. The van der Waals surface area contributed by atoms with Crippen molar-refractivity contribution in [3.8, 4) is 10.8 Å². The molecule has 0 radical (unpaired) electrons. The largest absolute Gasteiger partial charge is 0.491 e. The summed E-state index contributed by atoms with van der Waals surface area (Å²) in [6, 6.07) is 8.12. The molecule has 4 rings (SSSR count). The van der Waals surface area contributed by atoms with Gasteiger partial charge in [-0.25, -0.2) is 0 Å². The number of fused-ring (bicyclic) bond motifs is 3. The van der Waals surface area contributed by atoms with Crippen LogP contribution >= 0.6 is 11.3 Å². The van der Waals surface area contributed by atoms with Crippen LogP contribution in [-0.2, 0) is 30.3 Å². The number of amides is 1. The lowest BCUT2D eigenvalue weighted by Crippen LogP contribution is -2.18. The van der Waals surface area contributed by atoms with Gasteiger partial charge in [-0.2, -0.15) is 0 Å². The molecule has 3 aromatic rings. The van der Waals surface area contributed by atoms with Crippen molar-refractivity contribution in [3.63, 3.8) is 0 Å². The van der Waals surface area contributed by atoms with Crippen molar-refractivity contribution < 1.29 is 28.5 Å². The molecule has 46 heavy (non-hydrogen) atoms. The van der Waals surface area contributed by atoms with E-state index >= 15 is 0 Å². The lowest BCUT2D eigenvalue weighted by Gasteiger charge is -2.14. The zero-order valence-electron chi connectivity index (χ0n) is 29.5. The molecule has 2 aromatic heterocycles. The third kappa shape index (κ3) is 13.4. The number of thiophene rings is 1. The Balaban J connectivity index is 0.000000591. The molecule has 0 saturated heterocycles. The van der Waals surface area contributed by atoms with E-state index in [-0.39, 0.29) is 11.5 Å². The maximum atomic E-state index is 9.93. The van der Waals surface area contributed by atoms with Gasteiger partial charge in [-0.3, -0.25) is 19.1 Å². The van der Waals surface area contributed by atoms with E-state index in [2.05, 4.69) is 50.8 Å². The number of hydrogen-bond donors (Lipinski definition) is 1. The summed E-state index contributed by atoms with van der Waals surface area (Å²) >= 11 is 1.77. The summed E-state index contributed by atoms with van der Waals surface area (Å²) in [5, 5.41) is 12.3. The summed E-state index contributed by atoms with van der Waals surface area (Å²) in [5.74, 6) is 2.62. The number of nitrogens with one attached hydrogen (secondary N) is 1. The predicted octanol–water partition coefficient (Wildman–Crippen LogP) is 6.16. The van der Waals surface area contributed by atoms with Crippen LogP contribution in [0.1, 0.15) is 88.6 Å². The topological polar surface area (TPSA) is 126 Å². The Bertz CT molecular complexity index is 1360. The molecular formula is C34H53N5O6S. The molecular weight excluding hydrogens is 606 g/mol. The van der Waals surface area contributed by atoms with Crippen LogP contribution in [0, 0.1) is 20.8 Å². The third-order valence-electron chi connectivity index (χ3n) is 6.10. The number of aliphatic imine (C=N–C) groups is 1. The molecule has 1 aliphatic rings. The Morgan fingerprint density at radius 2 is 1.63 bits per heavy atom. The first kappa shape index (κ1) is 40.4. The Kier molecular flexibility index (Phi) is 18.7. The molecule has 3 heterocycles. The summed E-state index contributed by atoms with van der Waals surface area (Å²) in [4.78, 5) is 25.7. The molecule has 0 bridgehead atoms. The Morgan fingerprint density at radius 1 is 1.00 bits per heavy atom. The minimum atomic E-state index is -0.318. The number of hydrogen-bond acceptors (Lipinski definition) is 10. The molecule has 0 atom stereocenters. The number of nitrogens with zero attached hydrogens (tertiary/aromatic N) is 4. The standard InChI is InChI=1S/C23H28N4O3S.C5H10O2.C4H9NO.C2H6/c1-5-28-10-11-29-12-13-30-19-8-6-18(7-9-19)22-21-15(2)16(3)31-23(21)27-17(4)25-26-20(27)14-24-22;1-5(2,3)7-4-6;1-3-5-4(2)6;1-2/h6-9H,5,10-14H2,1-4H3;4H,1-3H3;3H2,1-2H3,(H,5,6);1-2H3. The van der Waals surface area contributed by atoms with Crippen LogP contribution in [0.15, 0.2) is 29.3 Å². The minimum Gasteiger partial charge on any atom is -0.491 e. The van der Waals surface area contributed by atoms with Gasteiger partial charge < -0.3 is 24.3 Å². The fourth-order valence-corrected chi connectivity index (χ4v) is 5.19. The van der Waals surface area contributed by atoms with Gasteiger partial charge in [-0.05, 0) is 85.2 Å². The van der Waals surface area contributed by atoms with Crippen LogP contribution in [-0.4, -0.2) is 78.0 Å². The molecule has 256 valence electrons. The summed E-state index contributed by atoms with van der Waals surface area (Å²) in [6.07, 6.45) is 0. The Morgan fingerprint density at radius 3 is 2.15 bits per heavy atom. The van der Waals surface area contributed by atoms with Crippen LogP contribution < -0.4 is 10.1 Å². The number of aryl methyl sites for hydroxylation is 2. The summed E-state index contributed by atoms with van der Waals surface area (Å²) in [6.45, 7) is 25.8. The molecule has 1 aliphatic heterocycles. The van der Waals surface area contributed by atoms with Crippen molar-refractivity contribution in [1.29, 1.82) is 0 Å². The van der Waals surface area contributed by atoms with Crippen molar-refractivity contribution in [2.45, 2.75) is 88.3 Å². The van der Waals surface area contributed by atoms with Crippen molar-refractivity contribution in [3.05, 3.63) is 57.5 Å². The van der Waals surface area contributed by atoms with Crippen LogP contribution in [0.4, 0.5) is 0 Å². The summed E-state index contributed by atoms with van der Waals surface area (Å²) in [5.41, 5.74) is 4.16. The Hall–Kier alpha value is -3.61. The highest BCUT2D eigenvalue weighted by Gasteiger charge is 2.26. The van der Waals surface area contributed by atoms with Crippen LogP contribution in [0.25, 0.3) is 5.00 Å². The van der Waals surface area contributed by atoms with E-state index in [1.807, 2.05) is 67.5 Å². The van der Waals surface area contributed by atoms with Gasteiger partial charge in [0.2, 0.25) is 5.91 Å². The van der Waals surface area contributed by atoms with E-state index in [1.54, 1.807) is 11.3 Å². The molecule has 0 aliphatic carbocycles. The van der Waals surface area contributed by atoms with Gasteiger partial charge in [0, 0.05) is 36.1 Å². The lowest BCUT2D eigenvalue weighted by molar-refractivity contribution is -0.138. The maximum absolute atomic E-state index is 9.93. The SMILES string of the molecule is CC.CC(C)(C)OC=O.CCNC(C)=O.CCOCCOCCOc1ccc(C2=NCc3nnc(C)n3-c3sc(C)c(C)c32)cc1. The molecule has 1 amide bonds. The fraction of sp³-hybridized carbons (Fsp3) is 0.559. The number of ether oxygens (including phenoxy) is 4. The first-order valence-electron chi connectivity index (χ1n) is 15.7. The zero-order chi connectivity index (χ0) is 34.7. The maximum Gasteiger partial charge on any atom is 0.293 e. The van der Waals surface area contributed by atoms with Crippen molar-refractivity contribution in [2.75, 3.05) is 39.6 Å². The Labute approximate surface area is 278 Å². The smallest absolute Gasteiger partial charge is 0.293 e. The van der Waals surface area contributed by atoms with Crippen molar-refractivity contribution in [1.82, 2.24) is 20.1 Å². The predicted molar refractivity (Wildman–Crippen MR) is 185 cm³/mol. The van der Waals surface area contributed by atoms with Gasteiger partial charge in [0.05, 0.1) is 25.5 Å².